The first kappa shape index (κ1) is 19.0. The summed E-state index contributed by atoms with van der Waals surface area (Å²) in [5, 5.41) is 5.18. The molecule has 0 aromatic heterocycles. The number of nitrogens with zero attached hydrogens (tertiary/aromatic N) is 1. The molecule has 2 rings (SSSR count). The highest BCUT2D eigenvalue weighted by atomic mass is 19.2. The monoisotopic (exact) mass is 361 g/mol. The summed E-state index contributed by atoms with van der Waals surface area (Å²) in [6.45, 7) is 2.23. The summed E-state index contributed by atoms with van der Waals surface area (Å²) in [4.78, 5) is 35.9. The molecule has 3 amide bonds. The van der Waals surface area contributed by atoms with Crippen molar-refractivity contribution in [3.8, 4) is 0 Å². The van der Waals surface area contributed by atoms with Crippen LogP contribution in [0.15, 0.2) is 42.5 Å². The summed E-state index contributed by atoms with van der Waals surface area (Å²) in [5.41, 5.74) is 1.10. The van der Waals surface area contributed by atoms with E-state index in [1.165, 1.54) is 19.9 Å². The van der Waals surface area contributed by atoms with Crippen LogP contribution < -0.4 is 15.5 Å². The zero-order valence-corrected chi connectivity index (χ0v) is 14.2. The van der Waals surface area contributed by atoms with Gasteiger partial charge in [-0.15, -0.1) is 0 Å². The molecule has 0 spiro atoms. The van der Waals surface area contributed by atoms with E-state index in [1.807, 2.05) is 0 Å². The lowest BCUT2D eigenvalue weighted by atomic mass is 10.2. The van der Waals surface area contributed by atoms with Gasteiger partial charge < -0.3 is 15.5 Å². The van der Waals surface area contributed by atoms with Gasteiger partial charge in [0.1, 0.15) is 6.54 Å². The summed E-state index contributed by atoms with van der Waals surface area (Å²) < 4.78 is 26.4. The van der Waals surface area contributed by atoms with E-state index in [9.17, 15) is 23.2 Å². The average molecular weight is 361 g/mol. The molecule has 0 fully saturated rings. The molecule has 0 bridgehead atoms. The van der Waals surface area contributed by atoms with Gasteiger partial charge in [-0.25, -0.2) is 8.78 Å². The van der Waals surface area contributed by atoms with Crippen molar-refractivity contribution in [3.63, 3.8) is 0 Å². The Labute approximate surface area is 148 Å². The molecule has 0 unspecified atom stereocenters. The molecule has 0 radical (unpaired) electrons. The van der Waals surface area contributed by atoms with Crippen molar-refractivity contribution >= 4 is 34.8 Å². The number of hydrogen-bond acceptors (Lipinski definition) is 3. The lowest BCUT2D eigenvalue weighted by Gasteiger charge is -2.21. The van der Waals surface area contributed by atoms with Crippen LogP contribution in [0.5, 0.6) is 0 Å². The molecular weight excluding hydrogens is 344 g/mol. The van der Waals surface area contributed by atoms with Gasteiger partial charge in [-0.2, -0.15) is 0 Å². The predicted molar refractivity (Wildman–Crippen MR) is 93.8 cm³/mol. The van der Waals surface area contributed by atoms with E-state index in [4.69, 9.17) is 0 Å². The number of nitrogens with one attached hydrogen (secondary N) is 2. The van der Waals surface area contributed by atoms with E-state index in [1.54, 1.807) is 24.3 Å². The lowest BCUT2D eigenvalue weighted by Crippen LogP contribution is -2.36. The van der Waals surface area contributed by atoms with E-state index in [-0.39, 0.29) is 18.1 Å². The minimum Gasteiger partial charge on any atom is -0.326 e. The summed E-state index contributed by atoms with van der Waals surface area (Å²) >= 11 is 0. The first-order valence-electron chi connectivity index (χ1n) is 7.67. The number of hydrogen-bond donors (Lipinski definition) is 2. The fourth-order valence-corrected chi connectivity index (χ4v) is 2.22. The van der Waals surface area contributed by atoms with Crippen molar-refractivity contribution in [1.82, 2.24) is 0 Å². The lowest BCUT2D eigenvalue weighted by molar-refractivity contribution is -0.120. The largest absolute Gasteiger partial charge is 0.326 e. The Morgan fingerprint density at radius 3 is 1.96 bits per heavy atom. The standard InChI is InChI=1S/C18H17F2N3O3/c1-11(24)21-13-3-5-14(6-4-13)22-18(26)10-23(12(2)25)15-7-8-16(19)17(20)9-15/h3-9H,10H2,1-2H3,(H,21,24)(H,22,26). The number of rotatable bonds is 5. The summed E-state index contributed by atoms with van der Waals surface area (Å²) in [5.74, 6) is -3.38. The molecule has 0 aliphatic heterocycles. The van der Waals surface area contributed by atoms with Crippen LogP contribution in [0.2, 0.25) is 0 Å². The topological polar surface area (TPSA) is 78.5 Å². The average Bonchev–Trinajstić information content (AvgIpc) is 2.56. The Morgan fingerprint density at radius 2 is 1.46 bits per heavy atom. The summed E-state index contributed by atoms with van der Waals surface area (Å²) in [7, 11) is 0. The maximum absolute atomic E-state index is 13.4. The second kappa shape index (κ2) is 8.19. The van der Waals surface area contributed by atoms with Crippen molar-refractivity contribution in [1.29, 1.82) is 0 Å². The van der Waals surface area contributed by atoms with Crippen LogP contribution in [0.1, 0.15) is 13.8 Å². The quantitative estimate of drug-likeness (QED) is 0.860. The highest BCUT2D eigenvalue weighted by Gasteiger charge is 2.17. The normalized spacial score (nSPS) is 10.2. The third-order valence-electron chi connectivity index (χ3n) is 3.39. The number of carbonyl (C=O) groups excluding carboxylic acids is 3. The van der Waals surface area contributed by atoms with E-state index >= 15 is 0 Å². The number of benzene rings is 2. The summed E-state index contributed by atoms with van der Waals surface area (Å²) in [6.07, 6.45) is 0. The molecule has 6 nitrogen and oxygen atoms in total. The number of anilines is 3. The Bertz CT molecular complexity index is 838. The number of amides is 3. The molecule has 0 heterocycles. The van der Waals surface area contributed by atoms with Gasteiger partial charge in [-0.05, 0) is 36.4 Å². The van der Waals surface area contributed by atoms with E-state index in [2.05, 4.69) is 10.6 Å². The van der Waals surface area contributed by atoms with Crippen LogP contribution in [0, 0.1) is 11.6 Å². The third-order valence-corrected chi connectivity index (χ3v) is 3.39. The molecule has 2 aromatic carbocycles. The highest BCUT2D eigenvalue weighted by Crippen LogP contribution is 2.19. The Hall–Kier alpha value is -3.29. The number of halogens is 2. The molecule has 0 aliphatic rings. The minimum absolute atomic E-state index is 0.0764. The van der Waals surface area contributed by atoms with Crippen molar-refractivity contribution in [3.05, 3.63) is 54.1 Å². The van der Waals surface area contributed by atoms with Gasteiger partial charge in [0.05, 0.1) is 0 Å². The van der Waals surface area contributed by atoms with E-state index in [0.29, 0.717) is 11.4 Å². The molecule has 8 heteroatoms. The van der Waals surface area contributed by atoms with Crippen LogP contribution in [-0.4, -0.2) is 24.3 Å². The Kier molecular flexibility index (Phi) is 6.00. The van der Waals surface area contributed by atoms with Gasteiger partial charge in [0.2, 0.25) is 17.7 Å². The zero-order chi connectivity index (χ0) is 19.3. The molecular formula is C18H17F2N3O3. The van der Waals surface area contributed by atoms with Crippen molar-refractivity contribution < 1.29 is 23.2 Å². The van der Waals surface area contributed by atoms with Crippen LogP contribution in [0.4, 0.5) is 25.8 Å². The zero-order valence-electron chi connectivity index (χ0n) is 14.2. The third kappa shape index (κ3) is 5.10. The van der Waals surface area contributed by atoms with Crippen LogP contribution in [-0.2, 0) is 14.4 Å². The SMILES string of the molecule is CC(=O)Nc1ccc(NC(=O)CN(C(C)=O)c2ccc(F)c(F)c2)cc1. The molecule has 2 N–H and O–H groups in total. The second-order valence-corrected chi connectivity index (χ2v) is 5.51. The van der Waals surface area contributed by atoms with Crippen molar-refractivity contribution in [2.45, 2.75) is 13.8 Å². The first-order valence-corrected chi connectivity index (χ1v) is 7.67. The van der Waals surface area contributed by atoms with E-state index in [0.717, 1.165) is 17.0 Å². The number of carbonyl (C=O) groups is 3. The fraction of sp³-hybridized carbons (Fsp3) is 0.167. The molecule has 26 heavy (non-hydrogen) atoms. The molecule has 0 aliphatic carbocycles. The molecule has 0 atom stereocenters. The minimum atomic E-state index is -1.11. The molecule has 2 aromatic rings. The molecule has 136 valence electrons. The maximum atomic E-state index is 13.4. The highest BCUT2D eigenvalue weighted by molar-refractivity contribution is 6.02. The predicted octanol–water partition coefficient (Wildman–Crippen LogP) is 2.91. The summed E-state index contributed by atoms with van der Waals surface area (Å²) in [6, 6.07) is 9.34. The van der Waals surface area contributed by atoms with Crippen molar-refractivity contribution in [2.75, 3.05) is 22.1 Å². The van der Waals surface area contributed by atoms with Gasteiger partial charge in [0, 0.05) is 37.0 Å². The van der Waals surface area contributed by atoms with Crippen molar-refractivity contribution in [2.24, 2.45) is 0 Å². The van der Waals surface area contributed by atoms with Gasteiger partial charge >= 0.3 is 0 Å². The molecule has 0 saturated carbocycles. The fourth-order valence-electron chi connectivity index (χ4n) is 2.22. The van der Waals surface area contributed by atoms with Gasteiger partial charge in [0.15, 0.2) is 11.6 Å². The van der Waals surface area contributed by atoms with Crippen LogP contribution >= 0.6 is 0 Å². The molecule has 0 saturated heterocycles. The smallest absolute Gasteiger partial charge is 0.244 e. The second-order valence-electron chi connectivity index (χ2n) is 5.51. The van der Waals surface area contributed by atoms with E-state index < -0.39 is 23.4 Å². The Morgan fingerprint density at radius 1 is 0.885 bits per heavy atom. The van der Waals surface area contributed by atoms with Gasteiger partial charge in [-0.1, -0.05) is 0 Å². The van der Waals surface area contributed by atoms with Gasteiger partial charge in [-0.3, -0.25) is 14.4 Å². The maximum Gasteiger partial charge on any atom is 0.244 e. The van der Waals surface area contributed by atoms with Crippen LogP contribution in [0.3, 0.4) is 0 Å². The van der Waals surface area contributed by atoms with Crippen LogP contribution in [0.25, 0.3) is 0 Å². The van der Waals surface area contributed by atoms with Gasteiger partial charge in [0.25, 0.3) is 0 Å². The Balaban J connectivity index is 2.06. The first-order chi connectivity index (χ1) is 12.3.